The zero-order valence-corrected chi connectivity index (χ0v) is 9.44. The molecule has 0 aliphatic carbocycles. The molecule has 1 atom stereocenters. The van der Waals surface area contributed by atoms with Gasteiger partial charge >= 0.3 is 0 Å². The van der Waals surface area contributed by atoms with Crippen LogP contribution >= 0.6 is 0 Å². The molecule has 14 heavy (non-hydrogen) atoms. The molecule has 86 valence electrons. The summed E-state index contributed by atoms with van der Waals surface area (Å²) in [5, 5.41) is 2.77. The monoisotopic (exact) mass is 209 g/mol. The van der Waals surface area contributed by atoms with E-state index in [2.05, 4.69) is 5.32 Å². The molecule has 1 unspecified atom stereocenters. The largest absolute Gasteiger partial charge is 0.379 e. The maximum absolute atomic E-state index is 12.5. The van der Waals surface area contributed by atoms with E-state index in [1.807, 2.05) is 20.8 Å². The van der Waals surface area contributed by atoms with Crippen LogP contribution in [-0.2, 0) is 4.74 Å². The van der Waals surface area contributed by atoms with Crippen molar-refractivity contribution in [3.8, 4) is 0 Å². The summed E-state index contributed by atoms with van der Waals surface area (Å²) in [5.41, 5.74) is -0.317. The molecule has 2 nitrogen and oxygen atoms in total. The molecule has 0 aliphatic rings. The molecule has 0 aliphatic heterocycles. The highest BCUT2D eigenvalue weighted by Crippen LogP contribution is 2.18. The summed E-state index contributed by atoms with van der Waals surface area (Å²) < 4.78 is 30.1. The summed E-state index contributed by atoms with van der Waals surface area (Å²) >= 11 is 0. The van der Waals surface area contributed by atoms with Crippen LogP contribution in [0.1, 0.15) is 33.6 Å². The van der Waals surface area contributed by atoms with Gasteiger partial charge in [-0.15, -0.1) is 0 Å². The van der Waals surface area contributed by atoms with Crippen LogP contribution in [0.15, 0.2) is 0 Å². The number of alkyl halides is 2. The molecule has 0 aromatic heterocycles. The average Bonchev–Trinajstić information content (AvgIpc) is 2.12. The van der Waals surface area contributed by atoms with E-state index in [1.54, 1.807) is 7.11 Å². The summed E-state index contributed by atoms with van der Waals surface area (Å²) in [7, 11) is 1.60. The predicted molar refractivity (Wildman–Crippen MR) is 53.8 cm³/mol. The summed E-state index contributed by atoms with van der Waals surface area (Å²) in [6, 6.07) is -0.713. The molecule has 0 amide bonds. The molecule has 0 heterocycles. The molecular formula is C10H21F2NO. The Kier molecular flexibility index (Phi) is 6.20. The maximum Gasteiger partial charge on any atom is 0.253 e. The maximum atomic E-state index is 12.5. The quantitative estimate of drug-likeness (QED) is 0.695. The molecule has 0 aromatic carbocycles. The minimum Gasteiger partial charge on any atom is -0.379 e. The fourth-order valence-corrected chi connectivity index (χ4v) is 1.18. The van der Waals surface area contributed by atoms with Gasteiger partial charge in [-0.2, -0.15) is 0 Å². The molecule has 0 rings (SSSR count). The van der Waals surface area contributed by atoms with Crippen LogP contribution in [-0.4, -0.2) is 31.7 Å². The summed E-state index contributed by atoms with van der Waals surface area (Å²) in [4.78, 5) is 0. The van der Waals surface area contributed by atoms with Gasteiger partial charge in [-0.25, -0.2) is 8.78 Å². The fraction of sp³-hybridized carbons (Fsp3) is 1.00. The fourth-order valence-electron chi connectivity index (χ4n) is 1.18. The van der Waals surface area contributed by atoms with Gasteiger partial charge in [-0.3, -0.25) is 0 Å². The first-order valence-corrected chi connectivity index (χ1v) is 4.99. The number of ether oxygens (including phenoxy) is 1. The molecule has 0 aromatic rings. The first-order chi connectivity index (χ1) is 6.43. The minimum atomic E-state index is -2.30. The van der Waals surface area contributed by atoms with E-state index in [-0.39, 0.29) is 5.60 Å². The van der Waals surface area contributed by atoms with Crippen molar-refractivity contribution in [1.29, 1.82) is 0 Å². The highest BCUT2D eigenvalue weighted by Gasteiger charge is 2.23. The average molecular weight is 209 g/mol. The van der Waals surface area contributed by atoms with Crippen LogP contribution in [0.3, 0.4) is 0 Å². The zero-order chi connectivity index (χ0) is 11.2. The van der Waals surface area contributed by atoms with E-state index < -0.39 is 12.5 Å². The van der Waals surface area contributed by atoms with Gasteiger partial charge in [-0.05, 0) is 33.2 Å². The van der Waals surface area contributed by atoms with Crippen molar-refractivity contribution >= 4 is 0 Å². The molecule has 0 spiro atoms. The molecule has 0 fully saturated rings. The first-order valence-electron chi connectivity index (χ1n) is 4.99. The summed E-state index contributed by atoms with van der Waals surface area (Å²) in [5.74, 6) is 0. The smallest absolute Gasteiger partial charge is 0.253 e. The van der Waals surface area contributed by atoms with E-state index in [9.17, 15) is 8.78 Å². The first kappa shape index (κ1) is 13.8. The van der Waals surface area contributed by atoms with Gasteiger partial charge in [0.15, 0.2) is 0 Å². The van der Waals surface area contributed by atoms with Crippen molar-refractivity contribution in [3.05, 3.63) is 0 Å². The second-order valence-electron chi connectivity index (χ2n) is 4.00. The Bertz CT molecular complexity index is 151. The number of nitrogens with one attached hydrogen (secondary N) is 1. The molecule has 1 N–H and O–H groups in total. The van der Waals surface area contributed by atoms with Crippen molar-refractivity contribution in [3.63, 3.8) is 0 Å². The zero-order valence-electron chi connectivity index (χ0n) is 9.44. The lowest BCUT2D eigenvalue weighted by Crippen LogP contribution is -2.37. The van der Waals surface area contributed by atoms with Crippen LogP contribution in [0.25, 0.3) is 0 Å². The van der Waals surface area contributed by atoms with Gasteiger partial charge in [-0.1, -0.05) is 6.92 Å². The Morgan fingerprint density at radius 2 is 1.93 bits per heavy atom. The number of methoxy groups -OCH3 is 1. The Morgan fingerprint density at radius 1 is 1.36 bits per heavy atom. The molecule has 4 heteroatoms. The number of hydrogen-bond acceptors (Lipinski definition) is 2. The van der Waals surface area contributed by atoms with Crippen molar-refractivity contribution in [2.75, 3.05) is 13.7 Å². The van der Waals surface area contributed by atoms with E-state index in [0.717, 1.165) is 0 Å². The number of hydrogen-bond donors (Lipinski definition) is 1. The lowest BCUT2D eigenvalue weighted by atomic mass is 9.99. The van der Waals surface area contributed by atoms with Gasteiger partial charge in [0.2, 0.25) is 0 Å². The number of rotatable bonds is 7. The van der Waals surface area contributed by atoms with E-state index in [0.29, 0.717) is 19.4 Å². The third-order valence-electron chi connectivity index (χ3n) is 2.38. The highest BCUT2D eigenvalue weighted by atomic mass is 19.3. The van der Waals surface area contributed by atoms with Gasteiger partial charge < -0.3 is 10.1 Å². The van der Waals surface area contributed by atoms with Crippen LogP contribution in [0.5, 0.6) is 0 Å². The Labute approximate surface area is 85.0 Å². The summed E-state index contributed by atoms with van der Waals surface area (Å²) in [6.45, 7) is 6.21. The predicted octanol–water partition coefficient (Wildman–Crippen LogP) is 2.43. The van der Waals surface area contributed by atoms with Crippen LogP contribution in [0, 0.1) is 0 Å². The van der Waals surface area contributed by atoms with Gasteiger partial charge in [0, 0.05) is 7.11 Å². The minimum absolute atomic E-state index is 0.317. The van der Waals surface area contributed by atoms with Crippen LogP contribution in [0.2, 0.25) is 0 Å². The number of halogens is 2. The standard InChI is InChI=1S/C10H21F2NO/c1-5-13-8(9(11)12)6-7-10(2,3)14-4/h8-9,13H,5-7H2,1-4H3. The lowest BCUT2D eigenvalue weighted by molar-refractivity contribution is 0.00389. The second-order valence-corrected chi connectivity index (χ2v) is 4.00. The van der Waals surface area contributed by atoms with Crippen LogP contribution < -0.4 is 5.32 Å². The van der Waals surface area contributed by atoms with E-state index in [4.69, 9.17) is 4.74 Å². The van der Waals surface area contributed by atoms with Crippen molar-refractivity contribution in [2.24, 2.45) is 0 Å². The molecular weight excluding hydrogens is 188 g/mol. The van der Waals surface area contributed by atoms with Crippen molar-refractivity contribution in [2.45, 2.75) is 51.7 Å². The van der Waals surface area contributed by atoms with Crippen molar-refractivity contribution < 1.29 is 13.5 Å². The van der Waals surface area contributed by atoms with Gasteiger partial charge in [0.05, 0.1) is 11.6 Å². The Morgan fingerprint density at radius 3 is 2.29 bits per heavy atom. The molecule has 0 saturated heterocycles. The van der Waals surface area contributed by atoms with E-state index >= 15 is 0 Å². The Hall–Kier alpha value is -0.220. The SMILES string of the molecule is CCNC(CCC(C)(C)OC)C(F)F. The summed E-state index contributed by atoms with van der Waals surface area (Å²) in [6.07, 6.45) is -1.24. The highest BCUT2D eigenvalue weighted by molar-refractivity contribution is 4.75. The van der Waals surface area contributed by atoms with Gasteiger partial charge in [0.25, 0.3) is 6.43 Å². The Balaban J connectivity index is 3.93. The molecule has 0 radical (unpaired) electrons. The van der Waals surface area contributed by atoms with Gasteiger partial charge in [0.1, 0.15) is 0 Å². The lowest BCUT2D eigenvalue weighted by Gasteiger charge is -2.25. The molecule has 0 bridgehead atoms. The molecule has 0 saturated carbocycles. The third-order valence-corrected chi connectivity index (χ3v) is 2.38. The van der Waals surface area contributed by atoms with Crippen LogP contribution in [0.4, 0.5) is 8.78 Å². The van der Waals surface area contributed by atoms with E-state index in [1.165, 1.54) is 0 Å². The third kappa shape index (κ3) is 5.50. The second kappa shape index (κ2) is 6.30. The topological polar surface area (TPSA) is 21.3 Å². The normalized spacial score (nSPS) is 14.8. The van der Waals surface area contributed by atoms with Crippen molar-refractivity contribution in [1.82, 2.24) is 5.32 Å².